The Bertz CT molecular complexity index is 1000. The molecule has 138 valence electrons. The van der Waals surface area contributed by atoms with E-state index >= 15 is 0 Å². The van der Waals surface area contributed by atoms with Crippen molar-refractivity contribution in [2.24, 2.45) is 0 Å². The van der Waals surface area contributed by atoms with Crippen molar-refractivity contribution in [2.75, 3.05) is 13.1 Å². The molecule has 2 aliphatic rings. The molecule has 1 saturated heterocycles. The van der Waals surface area contributed by atoms with Gasteiger partial charge in [-0.05, 0) is 31.4 Å². The van der Waals surface area contributed by atoms with Crippen LogP contribution in [0.15, 0.2) is 35.0 Å². The predicted molar refractivity (Wildman–Crippen MR) is 97.6 cm³/mol. The topological polar surface area (TPSA) is 81.4 Å². The zero-order chi connectivity index (χ0) is 18.2. The third kappa shape index (κ3) is 3.03. The minimum absolute atomic E-state index is 0.0578. The molecule has 1 aliphatic heterocycles. The van der Waals surface area contributed by atoms with E-state index in [1.807, 2.05) is 24.3 Å². The number of nitrogens with zero attached hydrogens (tertiary/aromatic N) is 4. The minimum Gasteiger partial charge on any atom is -0.471 e. The maximum Gasteiger partial charge on any atom is 0.276 e. The van der Waals surface area contributed by atoms with E-state index in [2.05, 4.69) is 15.1 Å². The van der Waals surface area contributed by atoms with Gasteiger partial charge in [-0.3, -0.25) is 4.79 Å². The van der Waals surface area contributed by atoms with Crippen molar-refractivity contribution in [2.45, 2.75) is 38.2 Å². The van der Waals surface area contributed by atoms with Gasteiger partial charge in [0, 0.05) is 24.9 Å². The van der Waals surface area contributed by atoms with Crippen LogP contribution in [0.2, 0.25) is 0 Å². The molecule has 1 amide bonds. The summed E-state index contributed by atoms with van der Waals surface area (Å²) in [6.45, 7) is 1.17. The SMILES string of the molecule is O=C(c1noc2c1CCCC2)N1CCC(Oc2cnc3ccccc3n2)C1. The predicted octanol–water partition coefficient (Wildman–Crippen LogP) is 2.79. The van der Waals surface area contributed by atoms with Crippen molar-refractivity contribution in [1.29, 1.82) is 0 Å². The third-order valence-corrected chi connectivity index (χ3v) is 5.30. The lowest BCUT2D eigenvalue weighted by Gasteiger charge is -2.17. The largest absolute Gasteiger partial charge is 0.471 e. The van der Waals surface area contributed by atoms with E-state index in [4.69, 9.17) is 9.26 Å². The number of carbonyl (C=O) groups excluding carboxylic acids is 1. The van der Waals surface area contributed by atoms with Crippen LogP contribution >= 0.6 is 0 Å². The molecule has 0 saturated carbocycles. The lowest BCUT2D eigenvalue weighted by Crippen LogP contribution is -2.32. The van der Waals surface area contributed by atoms with Gasteiger partial charge in [0.05, 0.1) is 23.8 Å². The number of para-hydroxylation sites is 2. The van der Waals surface area contributed by atoms with Gasteiger partial charge in [-0.15, -0.1) is 0 Å². The Morgan fingerprint density at radius 1 is 1.19 bits per heavy atom. The third-order valence-electron chi connectivity index (χ3n) is 5.30. The van der Waals surface area contributed by atoms with Crippen LogP contribution in [-0.2, 0) is 12.8 Å². The first-order valence-corrected chi connectivity index (χ1v) is 9.43. The van der Waals surface area contributed by atoms with E-state index in [9.17, 15) is 4.79 Å². The molecule has 5 rings (SSSR count). The molecular formula is C20H20N4O3. The van der Waals surface area contributed by atoms with Crippen molar-refractivity contribution in [1.82, 2.24) is 20.0 Å². The molecule has 0 radical (unpaired) electrons. The number of hydrogen-bond acceptors (Lipinski definition) is 6. The van der Waals surface area contributed by atoms with Crippen LogP contribution in [0.1, 0.15) is 41.1 Å². The van der Waals surface area contributed by atoms with Crippen molar-refractivity contribution in [3.8, 4) is 5.88 Å². The van der Waals surface area contributed by atoms with Crippen LogP contribution in [0.4, 0.5) is 0 Å². The molecule has 3 heterocycles. The minimum atomic E-state index is -0.0906. The number of carbonyl (C=O) groups is 1. The van der Waals surface area contributed by atoms with E-state index in [0.717, 1.165) is 54.5 Å². The monoisotopic (exact) mass is 364 g/mol. The Balaban J connectivity index is 1.28. The van der Waals surface area contributed by atoms with Gasteiger partial charge in [0.25, 0.3) is 5.91 Å². The number of amides is 1. The van der Waals surface area contributed by atoms with Gasteiger partial charge in [0.1, 0.15) is 11.9 Å². The van der Waals surface area contributed by atoms with E-state index in [-0.39, 0.29) is 12.0 Å². The van der Waals surface area contributed by atoms with Crippen LogP contribution in [0.25, 0.3) is 11.0 Å². The molecule has 2 aromatic heterocycles. The molecule has 0 spiro atoms. The van der Waals surface area contributed by atoms with Gasteiger partial charge in [-0.25, -0.2) is 9.97 Å². The number of hydrogen-bond donors (Lipinski definition) is 0. The number of rotatable bonds is 3. The molecule has 1 unspecified atom stereocenters. The Morgan fingerprint density at radius 2 is 2.04 bits per heavy atom. The van der Waals surface area contributed by atoms with Crippen LogP contribution in [-0.4, -0.2) is 45.1 Å². The standard InChI is InChI=1S/C20H20N4O3/c25-20(19-14-5-1-4-8-17(14)27-23-19)24-10-9-13(12-24)26-18-11-21-15-6-2-3-7-16(15)22-18/h2-3,6-7,11,13H,1,4-5,8-10,12H2. The van der Waals surface area contributed by atoms with E-state index in [1.165, 1.54) is 0 Å². The number of ether oxygens (including phenoxy) is 1. The molecule has 1 aromatic carbocycles. The van der Waals surface area contributed by atoms with Gasteiger partial charge < -0.3 is 14.2 Å². The summed E-state index contributed by atoms with van der Waals surface area (Å²) in [6, 6.07) is 7.68. The van der Waals surface area contributed by atoms with Crippen LogP contribution in [0.3, 0.4) is 0 Å². The highest BCUT2D eigenvalue weighted by Gasteiger charge is 2.33. The van der Waals surface area contributed by atoms with Gasteiger partial charge in [-0.1, -0.05) is 17.3 Å². The summed E-state index contributed by atoms with van der Waals surface area (Å²) in [5, 5.41) is 4.06. The van der Waals surface area contributed by atoms with Gasteiger partial charge in [-0.2, -0.15) is 0 Å². The highest BCUT2D eigenvalue weighted by atomic mass is 16.5. The highest BCUT2D eigenvalue weighted by molar-refractivity contribution is 5.94. The number of benzene rings is 1. The van der Waals surface area contributed by atoms with Crippen molar-refractivity contribution < 1.29 is 14.1 Å². The molecule has 1 aliphatic carbocycles. The highest BCUT2D eigenvalue weighted by Crippen LogP contribution is 2.26. The Labute approximate surface area is 156 Å². The fourth-order valence-corrected chi connectivity index (χ4v) is 3.88. The number of likely N-dealkylation sites (tertiary alicyclic amines) is 1. The van der Waals surface area contributed by atoms with Crippen LogP contribution < -0.4 is 4.74 Å². The van der Waals surface area contributed by atoms with Crippen molar-refractivity contribution in [3.63, 3.8) is 0 Å². The Kier molecular flexibility index (Phi) is 3.99. The fraction of sp³-hybridized carbons (Fsp3) is 0.400. The smallest absolute Gasteiger partial charge is 0.276 e. The summed E-state index contributed by atoms with van der Waals surface area (Å²) < 4.78 is 11.4. The van der Waals surface area contributed by atoms with Gasteiger partial charge in [0.15, 0.2) is 5.69 Å². The number of fused-ring (bicyclic) bond motifs is 2. The summed E-state index contributed by atoms with van der Waals surface area (Å²) in [5.74, 6) is 1.31. The maximum absolute atomic E-state index is 12.9. The summed E-state index contributed by atoms with van der Waals surface area (Å²) in [7, 11) is 0. The molecule has 1 fully saturated rings. The summed E-state index contributed by atoms with van der Waals surface area (Å²) in [5.41, 5.74) is 3.12. The lowest BCUT2D eigenvalue weighted by atomic mass is 9.96. The van der Waals surface area contributed by atoms with Gasteiger partial charge >= 0.3 is 0 Å². The Morgan fingerprint density at radius 3 is 2.96 bits per heavy atom. The zero-order valence-corrected chi connectivity index (χ0v) is 14.9. The molecule has 1 atom stereocenters. The van der Waals surface area contributed by atoms with E-state index in [1.54, 1.807) is 11.1 Å². The average molecular weight is 364 g/mol. The maximum atomic E-state index is 12.9. The lowest BCUT2D eigenvalue weighted by molar-refractivity contribution is 0.0760. The Hall–Kier alpha value is -2.96. The molecule has 7 nitrogen and oxygen atoms in total. The second kappa shape index (κ2) is 6.64. The average Bonchev–Trinajstić information content (AvgIpc) is 3.34. The van der Waals surface area contributed by atoms with E-state index < -0.39 is 0 Å². The number of aromatic nitrogens is 3. The van der Waals surface area contributed by atoms with Crippen molar-refractivity contribution in [3.05, 3.63) is 47.5 Å². The van der Waals surface area contributed by atoms with Crippen LogP contribution in [0, 0.1) is 0 Å². The summed E-state index contributed by atoms with van der Waals surface area (Å²) in [4.78, 5) is 23.5. The fourth-order valence-electron chi connectivity index (χ4n) is 3.88. The first-order valence-electron chi connectivity index (χ1n) is 9.43. The second-order valence-electron chi connectivity index (χ2n) is 7.12. The second-order valence-corrected chi connectivity index (χ2v) is 7.12. The normalized spacial score (nSPS) is 19.3. The molecular weight excluding hydrogens is 344 g/mol. The molecule has 3 aromatic rings. The van der Waals surface area contributed by atoms with Crippen molar-refractivity contribution >= 4 is 16.9 Å². The molecule has 0 N–H and O–H groups in total. The van der Waals surface area contributed by atoms with Gasteiger partial charge in [0.2, 0.25) is 5.88 Å². The molecule has 0 bridgehead atoms. The zero-order valence-electron chi connectivity index (χ0n) is 14.9. The first kappa shape index (κ1) is 16.2. The van der Waals surface area contributed by atoms with Crippen LogP contribution in [0.5, 0.6) is 5.88 Å². The number of aryl methyl sites for hydroxylation is 1. The summed E-state index contributed by atoms with van der Waals surface area (Å²) >= 11 is 0. The quantitative estimate of drug-likeness (QED) is 0.711. The first-order chi connectivity index (χ1) is 13.3. The summed E-state index contributed by atoms with van der Waals surface area (Å²) in [6.07, 6.45) is 6.25. The molecule has 7 heteroatoms. The molecule has 27 heavy (non-hydrogen) atoms. The van der Waals surface area contributed by atoms with E-state index in [0.29, 0.717) is 24.7 Å².